The predicted octanol–water partition coefficient (Wildman–Crippen LogP) is 4.81. The zero-order valence-electron chi connectivity index (χ0n) is 21.4. The van der Waals surface area contributed by atoms with E-state index in [1.165, 1.54) is 17.0 Å². The number of hydrogen-bond acceptors (Lipinski definition) is 4. The van der Waals surface area contributed by atoms with Crippen LogP contribution in [0.5, 0.6) is 0 Å². The smallest absolute Gasteiger partial charge is 0.264 e. The van der Waals surface area contributed by atoms with Crippen LogP contribution < -0.4 is 9.62 Å². The van der Waals surface area contributed by atoms with Crippen LogP contribution in [-0.4, -0.2) is 44.3 Å². The van der Waals surface area contributed by atoms with Crippen molar-refractivity contribution >= 4 is 43.5 Å². The van der Waals surface area contributed by atoms with Crippen LogP contribution in [0.2, 0.25) is 0 Å². The Kier molecular flexibility index (Phi) is 9.50. The molecule has 3 aromatic carbocycles. The number of carbonyl (C=O) groups excluding carboxylic acids is 2. The monoisotopic (exact) mass is 585 g/mol. The van der Waals surface area contributed by atoms with Gasteiger partial charge in [-0.05, 0) is 69.7 Å². The Morgan fingerprint density at radius 1 is 0.892 bits per heavy atom. The van der Waals surface area contributed by atoms with Crippen LogP contribution in [0.1, 0.15) is 30.5 Å². The zero-order chi connectivity index (χ0) is 27.2. The van der Waals surface area contributed by atoms with Gasteiger partial charge in [-0.3, -0.25) is 13.9 Å². The van der Waals surface area contributed by atoms with Crippen LogP contribution in [0.4, 0.5) is 5.69 Å². The first-order chi connectivity index (χ1) is 17.5. The molecule has 0 bridgehead atoms. The van der Waals surface area contributed by atoms with Crippen LogP contribution in [-0.2, 0) is 26.2 Å². The number of nitrogens with zero attached hydrogens (tertiary/aromatic N) is 2. The van der Waals surface area contributed by atoms with Gasteiger partial charge in [0.1, 0.15) is 12.6 Å². The van der Waals surface area contributed by atoms with E-state index in [1.807, 2.05) is 38.1 Å². The molecule has 0 aliphatic heterocycles. The van der Waals surface area contributed by atoms with E-state index in [4.69, 9.17) is 0 Å². The number of rotatable bonds is 10. The molecule has 0 fully saturated rings. The van der Waals surface area contributed by atoms with Crippen molar-refractivity contribution in [3.05, 3.63) is 94.0 Å². The Balaban J connectivity index is 2.01. The van der Waals surface area contributed by atoms with Gasteiger partial charge in [0.15, 0.2) is 0 Å². The minimum atomic E-state index is -4.08. The molecule has 3 aromatic rings. The van der Waals surface area contributed by atoms with Crippen molar-refractivity contribution in [3.63, 3.8) is 0 Å². The number of sulfonamides is 1. The summed E-state index contributed by atoms with van der Waals surface area (Å²) in [5, 5.41) is 2.76. The quantitative estimate of drug-likeness (QED) is 0.370. The number of benzene rings is 3. The third-order valence-electron chi connectivity index (χ3n) is 5.99. The average Bonchev–Trinajstić information content (AvgIpc) is 2.87. The predicted molar refractivity (Wildman–Crippen MR) is 150 cm³/mol. The normalized spacial score (nSPS) is 12.0. The van der Waals surface area contributed by atoms with E-state index in [0.29, 0.717) is 12.2 Å². The summed E-state index contributed by atoms with van der Waals surface area (Å²) in [6.45, 7) is 7.41. The van der Waals surface area contributed by atoms with Gasteiger partial charge in [0.25, 0.3) is 10.0 Å². The molecule has 0 aliphatic rings. The number of amides is 2. The number of nitrogens with one attached hydrogen (secondary N) is 1. The molecule has 0 heterocycles. The Bertz CT molecular complexity index is 1330. The molecular formula is C28H32BrN3O4S. The maximum Gasteiger partial charge on any atom is 0.264 e. The molecule has 0 spiro atoms. The molecule has 0 saturated heterocycles. The second-order valence-corrected chi connectivity index (χ2v) is 11.7. The van der Waals surface area contributed by atoms with Crippen molar-refractivity contribution in [3.8, 4) is 0 Å². The highest BCUT2D eigenvalue weighted by Crippen LogP contribution is 2.26. The van der Waals surface area contributed by atoms with Gasteiger partial charge >= 0.3 is 0 Å². The Morgan fingerprint density at radius 2 is 1.43 bits per heavy atom. The Labute approximate surface area is 227 Å². The molecule has 37 heavy (non-hydrogen) atoms. The molecule has 0 radical (unpaired) electrons. The minimum Gasteiger partial charge on any atom is -0.355 e. The van der Waals surface area contributed by atoms with Crippen LogP contribution in [0.25, 0.3) is 0 Å². The summed E-state index contributed by atoms with van der Waals surface area (Å²) >= 11 is 3.38. The molecule has 0 aromatic heterocycles. The van der Waals surface area contributed by atoms with Crippen molar-refractivity contribution in [1.29, 1.82) is 0 Å². The van der Waals surface area contributed by atoms with Crippen LogP contribution in [0.3, 0.4) is 0 Å². The van der Waals surface area contributed by atoms with E-state index in [2.05, 4.69) is 21.2 Å². The van der Waals surface area contributed by atoms with Crippen molar-refractivity contribution in [2.24, 2.45) is 0 Å². The second kappa shape index (κ2) is 12.4. The molecule has 1 atom stereocenters. The largest absolute Gasteiger partial charge is 0.355 e. The maximum atomic E-state index is 13.8. The van der Waals surface area contributed by atoms with Crippen molar-refractivity contribution < 1.29 is 18.0 Å². The van der Waals surface area contributed by atoms with Crippen LogP contribution in [0.15, 0.2) is 82.2 Å². The van der Waals surface area contributed by atoms with E-state index in [9.17, 15) is 18.0 Å². The summed E-state index contributed by atoms with van der Waals surface area (Å²) in [5.41, 5.74) is 3.18. The zero-order valence-corrected chi connectivity index (χ0v) is 23.8. The van der Waals surface area contributed by atoms with Crippen molar-refractivity contribution in [2.75, 3.05) is 17.4 Å². The highest BCUT2D eigenvalue weighted by Gasteiger charge is 2.32. The summed E-state index contributed by atoms with van der Waals surface area (Å²) in [5.74, 6) is -0.794. The molecule has 0 aliphatic carbocycles. The van der Waals surface area contributed by atoms with Crippen molar-refractivity contribution in [1.82, 2.24) is 10.2 Å². The molecule has 1 N–H and O–H groups in total. The van der Waals surface area contributed by atoms with Crippen LogP contribution >= 0.6 is 15.9 Å². The van der Waals surface area contributed by atoms with E-state index in [1.54, 1.807) is 50.2 Å². The lowest BCUT2D eigenvalue weighted by Gasteiger charge is -2.32. The van der Waals surface area contributed by atoms with E-state index in [0.717, 1.165) is 25.5 Å². The van der Waals surface area contributed by atoms with Crippen LogP contribution in [0, 0.1) is 13.8 Å². The first-order valence-corrected chi connectivity index (χ1v) is 14.2. The fraction of sp³-hybridized carbons (Fsp3) is 0.286. The van der Waals surface area contributed by atoms with Gasteiger partial charge in [-0.1, -0.05) is 63.5 Å². The maximum absolute atomic E-state index is 13.8. The third-order valence-corrected chi connectivity index (χ3v) is 8.31. The SMILES string of the molecule is CCNC(=O)[C@H](C)N(Cc1ccc(C)cc1)C(=O)CN(c1ccc(Br)cc1)S(=O)(=O)c1ccc(C)cc1. The van der Waals surface area contributed by atoms with Gasteiger partial charge < -0.3 is 10.2 Å². The standard InChI is InChI=1S/C28H32BrN3O4S/c1-5-30-28(34)22(4)31(18-23-10-6-20(2)7-11-23)27(33)19-32(25-14-12-24(29)13-15-25)37(35,36)26-16-8-21(3)9-17-26/h6-17,22H,5,18-19H2,1-4H3,(H,30,34)/t22-/m0/s1. The topological polar surface area (TPSA) is 86.8 Å². The third kappa shape index (κ3) is 7.20. The molecule has 7 nitrogen and oxygen atoms in total. The Morgan fingerprint density at radius 3 is 1.97 bits per heavy atom. The fourth-order valence-corrected chi connectivity index (χ4v) is 5.45. The molecule has 0 unspecified atom stereocenters. The number of halogens is 1. The van der Waals surface area contributed by atoms with Gasteiger partial charge in [-0.15, -0.1) is 0 Å². The highest BCUT2D eigenvalue weighted by molar-refractivity contribution is 9.10. The first kappa shape index (κ1) is 28.4. The van der Waals surface area contributed by atoms with E-state index in [-0.39, 0.29) is 17.3 Å². The fourth-order valence-electron chi connectivity index (χ4n) is 3.77. The molecule has 0 saturated carbocycles. The number of aryl methyl sites for hydroxylation is 2. The lowest BCUT2D eigenvalue weighted by atomic mass is 10.1. The lowest BCUT2D eigenvalue weighted by molar-refractivity contribution is -0.139. The van der Waals surface area contributed by atoms with Crippen molar-refractivity contribution in [2.45, 2.75) is 45.2 Å². The van der Waals surface area contributed by atoms with Gasteiger partial charge in [0.05, 0.1) is 10.6 Å². The minimum absolute atomic E-state index is 0.0793. The summed E-state index contributed by atoms with van der Waals surface area (Å²) in [6, 6.07) is 20.1. The van der Waals surface area contributed by atoms with Gasteiger partial charge in [0.2, 0.25) is 11.8 Å². The molecule has 196 valence electrons. The molecule has 9 heteroatoms. The average molecular weight is 587 g/mol. The number of likely N-dealkylation sites (N-methyl/N-ethyl adjacent to an activating group) is 1. The number of anilines is 1. The number of carbonyl (C=O) groups is 2. The van der Waals surface area contributed by atoms with E-state index < -0.39 is 28.5 Å². The molecular weight excluding hydrogens is 554 g/mol. The summed E-state index contributed by atoms with van der Waals surface area (Å²) in [4.78, 5) is 28.0. The summed E-state index contributed by atoms with van der Waals surface area (Å²) in [7, 11) is -4.08. The molecule has 3 rings (SSSR count). The van der Waals surface area contributed by atoms with Gasteiger partial charge in [-0.2, -0.15) is 0 Å². The second-order valence-electron chi connectivity index (χ2n) is 8.88. The first-order valence-electron chi connectivity index (χ1n) is 12.0. The summed E-state index contributed by atoms with van der Waals surface area (Å²) in [6.07, 6.45) is 0. The molecule has 2 amide bonds. The van der Waals surface area contributed by atoms with E-state index >= 15 is 0 Å². The van der Waals surface area contributed by atoms with Gasteiger partial charge in [0, 0.05) is 17.6 Å². The number of hydrogen-bond donors (Lipinski definition) is 1. The van der Waals surface area contributed by atoms with Gasteiger partial charge in [-0.25, -0.2) is 8.42 Å². The Hall–Kier alpha value is -3.17. The summed E-state index contributed by atoms with van der Waals surface area (Å²) < 4.78 is 29.4. The lowest BCUT2D eigenvalue weighted by Crippen LogP contribution is -2.51. The highest BCUT2D eigenvalue weighted by atomic mass is 79.9.